The van der Waals surface area contributed by atoms with Gasteiger partial charge < -0.3 is 9.72 Å². The molecular weight excluding hydrogens is 276 g/mol. The lowest BCUT2D eigenvalue weighted by atomic mass is 10.1. The van der Waals surface area contributed by atoms with Crippen molar-refractivity contribution in [1.29, 1.82) is 0 Å². The van der Waals surface area contributed by atoms with Gasteiger partial charge in [0, 0.05) is 17.7 Å². The van der Waals surface area contributed by atoms with Crippen LogP contribution in [0.25, 0.3) is 0 Å². The highest BCUT2D eigenvalue weighted by Gasteiger charge is 2.11. The fourth-order valence-electron chi connectivity index (χ4n) is 1.87. The first-order valence-electron chi connectivity index (χ1n) is 6.32. The maximum atomic E-state index is 11.8. The lowest BCUT2D eigenvalue weighted by Crippen LogP contribution is -2.20. The number of rotatable bonds is 5. The second kappa shape index (κ2) is 6.16. The molecule has 112 valence electrons. The Balaban J connectivity index is 1.97. The molecule has 0 aromatic carbocycles. The average molecular weight is 292 g/mol. The molecule has 0 saturated heterocycles. The summed E-state index contributed by atoms with van der Waals surface area (Å²) in [6.45, 7) is 3.46. The molecule has 2 aromatic rings. The lowest BCUT2D eigenvalue weighted by molar-refractivity contribution is -0.116. The molecule has 2 aromatic heterocycles. The molecule has 0 radical (unpaired) electrons. The average Bonchev–Trinajstić information content (AvgIpc) is 2.85. The van der Waals surface area contributed by atoms with E-state index < -0.39 is 0 Å². The summed E-state index contributed by atoms with van der Waals surface area (Å²) in [7, 11) is 1.42. The van der Waals surface area contributed by atoms with Crippen LogP contribution < -0.4 is 15.6 Å². The standard InChI is InChI=1S/C12H16N6O3/c1-6-8(10(20)14-7(2)13-6)4-5-9(19)15-11-16-12(21-3)18-17-11/h4-5H2,1-3H3,(H,13,14,20)(H2,15,16,17,18,19). The third-order valence-corrected chi connectivity index (χ3v) is 2.85. The van der Waals surface area contributed by atoms with Gasteiger partial charge >= 0.3 is 6.01 Å². The topological polar surface area (TPSA) is 126 Å². The number of ether oxygens (including phenoxy) is 1. The first-order valence-corrected chi connectivity index (χ1v) is 6.32. The third kappa shape index (κ3) is 3.65. The zero-order valence-corrected chi connectivity index (χ0v) is 12.0. The number of anilines is 1. The minimum atomic E-state index is -0.284. The van der Waals surface area contributed by atoms with E-state index in [2.05, 4.69) is 30.5 Å². The van der Waals surface area contributed by atoms with E-state index in [1.165, 1.54) is 7.11 Å². The Bertz CT molecular complexity index is 705. The molecule has 0 bridgehead atoms. The number of amides is 1. The fourth-order valence-corrected chi connectivity index (χ4v) is 1.87. The van der Waals surface area contributed by atoms with Crippen molar-refractivity contribution in [3.8, 4) is 6.01 Å². The predicted molar refractivity (Wildman–Crippen MR) is 74.2 cm³/mol. The van der Waals surface area contributed by atoms with E-state index in [9.17, 15) is 9.59 Å². The molecule has 0 unspecified atom stereocenters. The summed E-state index contributed by atoms with van der Waals surface area (Å²) in [6, 6.07) is 0.139. The van der Waals surface area contributed by atoms with Gasteiger partial charge in [0.15, 0.2) is 0 Å². The van der Waals surface area contributed by atoms with Gasteiger partial charge in [-0.05, 0) is 20.3 Å². The van der Waals surface area contributed by atoms with E-state index in [0.717, 1.165) is 0 Å². The Morgan fingerprint density at radius 2 is 2.10 bits per heavy atom. The summed E-state index contributed by atoms with van der Waals surface area (Å²) in [5.74, 6) is 0.470. The quantitative estimate of drug-likeness (QED) is 0.716. The van der Waals surface area contributed by atoms with Crippen LogP contribution in [0.15, 0.2) is 4.79 Å². The van der Waals surface area contributed by atoms with Gasteiger partial charge in [0.1, 0.15) is 5.82 Å². The van der Waals surface area contributed by atoms with Crippen molar-refractivity contribution >= 4 is 11.9 Å². The molecule has 0 aliphatic heterocycles. The Kier molecular flexibility index (Phi) is 4.31. The molecule has 2 rings (SSSR count). The molecule has 9 nitrogen and oxygen atoms in total. The minimum Gasteiger partial charge on any atom is -0.466 e. The molecule has 3 N–H and O–H groups in total. The van der Waals surface area contributed by atoms with Crippen LogP contribution in [0.2, 0.25) is 0 Å². The largest absolute Gasteiger partial charge is 0.466 e. The Morgan fingerprint density at radius 3 is 2.71 bits per heavy atom. The lowest BCUT2D eigenvalue weighted by Gasteiger charge is -2.05. The maximum absolute atomic E-state index is 11.8. The number of H-pyrrole nitrogens is 2. The SMILES string of the molecule is COc1n[nH]c(NC(=O)CCc2c(C)nc(C)[nH]c2=O)n1. The summed E-state index contributed by atoms with van der Waals surface area (Å²) in [4.78, 5) is 34.3. The highest BCUT2D eigenvalue weighted by molar-refractivity contribution is 5.89. The van der Waals surface area contributed by atoms with Crippen LogP contribution in [0.5, 0.6) is 6.01 Å². The van der Waals surface area contributed by atoms with Crippen LogP contribution in [0, 0.1) is 13.8 Å². The molecular formula is C12H16N6O3. The number of nitrogens with zero attached hydrogens (tertiary/aromatic N) is 3. The number of hydrogen-bond donors (Lipinski definition) is 3. The van der Waals surface area contributed by atoms with Gasteiger partial charge in [0.25, 0.3) is 5.56 Å². The number of carbonyl (C=O) groups excluding carboxylic acids is 1. The van der Waals surface area contributed by atoms with Crippen molar-refractivity contribution in [3.05, 3.63) is 27.4 Å². The number of aromatic amines is 2. The van der Waals surface area contributed by atoms with Crippen LogP contribution in [0.4, 0.5) is 5.95 Å². The van der Waals surface area contributed by atoms with E-state index in [-0.39, 0.29) is 29.8 Å². The van der Waals surface area contributed by atoms with E-state index in [1.807, 2.05) is 0 Å². The second-order valence-corrected chi connectivity index (χ2v) is 4.43. The van der Waals surface area contributed by atoms with Gasteiger partial charge in [-0.3, -0.25) is 14.9 Å². The molecule has 9 heteroatoms. The number of nitrogens with one attached hydrogen (secondary N) is 3. The van der Waals surface area contributed by atoms with Crippen LogP contribution >= 0.6 is 0 Å². The smallest absolute Gasteiger partial charge is 0.336 e. The Labute approximate surface area is 120 Å². The maximum Gasteiger partial charge on any atom is 0.336 e. The van der Waals surface area contributed by atoms with Crippen molar-refractivity contribution in [2.75, 3.05) is 12.4 Å². The first kappa shape index (κ1) is 14.7. The highest BCUT2D eigenvalue weighted by Crippen LogP contribution is 2.07. The van der Waals surface area contributed by atoms with Gasteiger partial charge in [-0.2, -0.15) is 4.98 Å². The van der Waals surface area contributed by atoms with Crippen LogP contribution in [-0.4, -0.2) is 38.2 Å². The number of carbonyl (C=O) groups is 1. The summed E-state index contributed by atoms with van der Waals surface area (Å²) in [6.07, 6.45) is 0.434. The summed E-state index contributed by atoms with van der Waals surface area (Å²) in [5.41, 5.74) is 0.922. The van der Waals surface area contributed by atoms with E-state index >= 15 is 0 Å². The van der Waals surface area contributed by atoms with Gasteiger partial charge in [0.2, 0.25) is 11.9 Å². The molecule has 21 heavy (non-hydrogen) atoms. The van der Waals surface area contributed by atoms with Crippen molar-refractivity contribution < 1.29 is 9.53 Å². The van der Waals surface area contributed by atoms with Crippen molar-refractivity contribution in [2.45, 2.75) is 26.7 Å². The third-order valence-electron chi connectivity index (χ3n) is 2.85. The Hall–Kier alpha value is -2.71. The minimum absolute atomic E-state index is 0.137. The summed E-state index contributed by atoms with van der Waals surface area (Å²) < 4.78 is 4.79. The van der Waals surface area contributed by atoms with Crippen molar-refractivity contribution in [2.24, 2.45) is 0 Å². The van der Waals surface area contributed by atoms with E-state index in [0.29, 0.717) is 23.5 Å². The number of methoxy groups -OCH3 is 1. The normalized spacial score (nSPS) is 10.4. The molecule has 0 aliphatic rings. The van der Waals surface area contributed by atoms with Gasteiger partial charge in [-0.15, -0.1) is 5.10 Å². The van der Waals surface area contributed by atoms with Crippen molar-refractivity contribution in [3.63, 3.8) is 0 Å². The molecule has 2 heterocycles. The molecule has 0 saturated carbocycles. The zero-order valence-electron chi connectivity index (χ0n) is 12.0. The molecule has 0 spiro atoms. The second-order valence-electron chi connectivity index (χ2n) is 4.43. The first-order chi connectivity index (χ1) is 9.99. The van der Waals surface area contributed by atoms with E-state index in [4.69, 9.17) is 4.74 Å². The number of hydrogen-bond acceptors (Lipinski definition) is 6. The van der Waals surface area contributed by atoms with Gasteiger partial charge in [-0.25, -0.2) is 10.1 Å². The molecule has 0 fully saturated rings. The molecule has 0 atom stereocenters. The number of aromatic nitrogens is 5. The summed E-state index contributed by atoms with van der Waals surface area (Å²) >= 11 is 0. The fraction of sp³-hybridized carbons (Fsp3) is 0.417. The van der Waals surface area contributed by atoms with E-state index in [1.54, 1.807) is 13.8 Å². The van der Waals surface area contributed by atoms with Gasteiger partial charge in [-0.1, -0.05) is 0 Å². The van der Waals surface area contributed by atoms with Gasteiger partial charge in [0.05, 0.1) is 7.11 Å². The summed E-state index contributed by atoms with van der Waals surface area (Å²) in [5, 5.41) is 8.76. The Morgan fingerprint density at radius 1 is 1.33 bits per heavy atom. The monoisotopic (exact) mass is 292 g/mol. The highest BCUT2D eigenvalue weighted by atomic mass is 16.5. The number of aryl methyl sites for hydroxylation is 2. The predicted octanol–water partition coefficient (Wildman–Crippen LogP) is 0.0847. The van der Waals surface area contributed by atoms with Crippen LogP contribution in [0.3, 0.4) is 0 Å². The van der Waals surface area contributed by atoms with Crippen LogP contribution in [-0.2, 0) is 11.2 Å². The zero-order chi connectivity index (χ0) is 15.4. The van der Waals surface area contributed by atoms with Crippen LogP contribution in [0.1, 0.15) is 23.5 Å². The molecule has 1 amide bonds. The molecule has 0 aliphatic carbocycles. The van der Waals surface area contributed by atoms with Crippen molar-refractivity contribution in [1.82, 2.24) is 25.1 Å².